The monoisotopic (exact) mass is 567 g/mol. The molecule has 0 unspecified atom stereocenters. The van der Waals surface area contributed by atoms with Crippen LogP contribution >= 0.6 is 0 Å². The minimum absolute atomic E-state index is 0.0653. The smallest absolute Gasteiger partial charge is 0.259 e. The molecule has 0 aliphatic carbocycles. The van der Waals surface area contributed by atoms with Crippen molar-refractivity contribution in [3.63, 3.8) is 0 Å². The second kappa shape index (κ2) is 10.3. The minimum atomic E-state index is -3.84. The Kier molecular flexibility index (Phi) is 6.97. The van der Waals surface area contributed by atoms with Crippen LogP contribution in [0.5, 0.6) is 17.2 Å². The van der Waals surface area contributed by atoms with E-state index in [1.54, 1.807) is 36.4 Å². The average molecular weight is 568 g/mol. The quantitative estimate of drug-likeness (QED) is 0.169. The summed E-state index contributed by atoms with van der Waals surface area (Å²) in [5, 5.41) is 36.0. The fraction of sp³-hybridized carbons (Fsp3) is 0.121. The first-order chi connectivity index (χ1) is 19.4. The molecule has 41 heavy (non-hydrogen) atoms. The molecule has 8 heteroatoms. The summed E-state index contributed by atoms with van der Waals surface area (Å²) in [7, 11) is -3.84. The standard InChI is InChI=1S/C33H29NO6S/c1-33(2,3)27-13-6-7-14-28(27)41(39,40)22-17-15-21(16-18-22)34-32(38)26-19-25(29(35)31(37)30(26)36)24-12-8-10-20-9-4-5-11-23(20)24/h4-19,35-37H,1-3H3,(H,34,38). The van der Waals surface area contributed by atoms with Crippen LogP contribution in [0.3, 0.4) is 0 Å². The maximum Gasteiger partial charge on any atom is 0.259 e. The van der Waals surface area contributed by atoms with Crippen molar-refractivity contribution in [3.8, 4) is 28.4 Å². The second-order valence-corrected chi connectivity index (χ2v) is 12.7. The highest BCUT2D eigenvalue weighted by molar-refractivity contribution is 7.91. The van der Waals surface area contributed by atoms with E-state index in [1.807, 2.05) is 51.1 Å². The van der Waals surface area contributed by atoms with Crippen molar-refractivity contribution in [3.05, 3.63) is 108 Å². The molecule has 0 heterocycles. The van der Waals surface area contributed by atoms with Crippen molar-refractivity contribution in [2.75, 3.05) is 5.32 Å². The van der Waals surface area contributed by atoms with Gasteiger partial charge in [0.15, 0.2) is 11.5 Å². The van der Waals surface area contributed by atoms with E-state index in [-0.39, 0.29) is 32.0 Å². The molecular weight excluding hydrogens is 538 g/mol. The molecule has 0 fully saturated rings. The Bertz CT molecular complexity index is 1900. The zero-order valence-electron chi connectivity index (χ0n) is 22.7. The summed E-state index contributed by atoms with van der Waals surface area (Å²) in [6.07, 6.45) is 0. The van der Waals surface area contributed by atoms with E-state index >= 15 is 0 Å². The molecule has 5 aromatic carbocycles. The lowest BCUT2D eigenvalue weighted by Crippen LogP contribution is -2.17. The number of amides is 1. The third-order valence-corrected chi connectivity index (χ3v) is 8.81. The molecule has 4 N–H and O–H groups in total. The lowest BCUT2D eigenvalue weighted by molar-refractivity contribution is 0.102. The van der Waals surface area contributed by atoms with Gasteiger partial charge >= 0.3 is 0 Å². The summed E-state index contributed by atoms with van der Waals surface area (Å²) in [6, 6.07) is 26.8. The molecule has 0 saturated heterocycles. The van der Waals surface area contributed by atoms with Crippen LogP contribution < -0.4 is 5.32 Å². The summed E-state index contributed by atoms with van der Waals surface area (Å²) < 4.78 is 26.9. The van der Waals surface area contributed by atoms with Gasteiger partial charge in [-0.25, -0.2) is 8.42 Å². The van der Waals surface area contributed by atoms with Crippen LogP contribution in [0.2, 0.25) is 0 Å². The number of nitrogens with one attached hydrogen (secondary N) is 1. The van der Waals surface area contributed by atoms with Crippen molar-refractivity contribution < 1.29 is 28.5 Å². The third-order valence-electron chi connectivity index (χ3n) is 6.98. The largest absolute Gasteiger partial charge is 0.504 e. The van der Waals surface area contributed by atoms with Gasteiger partial charge in [0.05, 0.1) is 15.4 Å². The number of phenols is 3. The van der Waals surface area contributed by atoms with Gasteiger partial charge < -0.3 is 20.6 Å². The Labute approximate surface area is 238 Å². The van der Waals surface area contributed by atoms with Crippen molar-refractivity contribution in [1.29, 1.82) is 0 Å². The van der Waals surface area contributed by atoms with Crippen molar-refractivity contribution in [2.45, 2.75) is 36.0 Å². The van der Waals surface area contributed by atoms with Crippen LogP contribution in [0, 0.1) is 0 Å². The summed E-state index contributed by atoms with van der Waals surface area (Å²) in [5.41, 5.74) is 1.05. The highest BCUT2D eigenvalue weighted by atomic mass is 32.2. The highest BCUT2D eigenvalue weighted by Crippen LogP contribution is 2.46. The SMILES string of the molecule is CC(C)(C)c1ccccc1S(=O)(=O)c1ccc(NC(=O)c2cc(-c3cccc4ccccc34)c(O)c(O)c2O)cc1. The van der Waals surface area contributed by atoms with Crippen LogP contribution in [-0.4, -0.2) is 29.6 Å². The van der Waals surface area contributed by atoms with E-state index in [0.29, 0.717) is 11.1 Å². The number of carbonyl (C=O) groups excluding carboxylic acids is 1. The number of hydrogen-bond acceptors (Lipinski definition) is 6. The molecule has 0 saturated carbocycles. The topological polar surface area (TPSA) is 124 Å². The molecule has 7 nitrogen and oxygen atoms in total. The molecule has 0 aliphatic heterocycles. The number of sulfone groups is 1. The maximum absolute atomic E-state index is 13.5. The normalized spacial score (nSPS) is 11.9. The summed E-state index contributed by atoms with van der Waals surface area (Å²) >= 11 is 0. The van der Waals surface area contributed by atoms with Gasteiger partial charge in [-0.05, 0) is 63.7 Å². The Morgan fingerprint density at radius 1 is 0.707 bits per heavy atom. The third kappa shape index (κ3) is 5.10. The Morgan fingerprint density at radius 3 is 2.05 bits per heavy atom. The number of rotatable bonds is 5. The van der Waals surface area contributed by atoms with E-state index in [1.165, 1.54) is 30.3 Å². The first kappa shape index (κ1) is 27.7. The molecule has 0 aromatic heterocycles. The van der Waals surface area contributed by atoms with Gasteiger partial charge in [-0.15, -0.1) is 0 Å². The van der Waals surface area contributed by atoms with Gasteiger partial charge in [0, 0.05) is 11.3 Å². The van der Waals surface area contributed by atoms with E-state index in [9.17, 15) is 28.5 Å². The van der Waals surface area contributed by atoms with Gasteiger partial charge in [0.25, 0.3) is 5.91 Å². The van der Waals surface area contributed by atoms with Gasteiger partial charge in [-0.2, -0.15) is 0 Å². The number of anilines is 1. The number of benzene rings is 5. The van der Waals surface area contributed by atoms with Gasteiger partial charge in [-0.1, -0.05) is 81.4 Å². The molecule has 5 rings (SSSR count). The Hall–Kier alpha value is -4.82. The van der Waals surface area contributed by atoms with Crippen molar-refractivity contribution >= 4 is 32.2 Å². The molecule has 208 valence electrons. The van der Waals surface area contributed by atoms with Gasteiger partial charge in [0.1, 0.15) is 0 Å². The molecule has 0 bridgehead atoms. The van der Waals surface area contributed by atoms with E-state index in [2.05, 4.69) is 5.32 Å². The lowest BCUT2D eigenvalue weighted by atomic mass is 9.87. The van der Waals surface area contributed by atoms with Crippen molar-refractivity contribution in [1.82, 2.24) is 0 Å². The number of aromatic hydroxyl groups is 3. The van der Waals surface area contributed by atoms with Crippen molar-refractivity contribution in [2.24, 2.45) is 0 Å². The zero-order chi connectivity index (χ0) is 29.5. The molecule has 0 aliphatic rings. The van der Waals surface area contributed by atoms with Crippen LogP contribution in [0.25, 0.3) is 21.9 Å². The fourth-order valence-corrected chi connectivity index (χ4v) is 6.52. The number of fused-ring (bicyclic) bond motifs is 1. The number of hydrogen-bond donors (Lipinski definition) is 4. The highest BCUT2D eigenvalue weighted by Gasteiger charge is 2.27. The molecule has 0 radical (unpaired) electrons. The molecule has 1 amide bonds. The minimum Gasteiger partial charge on any atom is -0.504 e. The second-order valence-electron chi connectivity index (χ2n) is 10.8. The van der Waals surface area contributed by atoms with Gasteiger partial charge in [0.2, 0.25) is 15.6 Å². The predicted octanol–water partition coefficient (Wildman–Crippen LogP) is 7.01. The molecule has 0 atom stereocenters. The average Bonchev–Trinajstić information content (AvgIpc) is 2.96. The van der Waals surface area contributed by atoms with E-state index in [4.69, 9.17) is 0 Å². The molecular formula is C33H29NO6S. The summed E-state index contributed by atoms with van der Waals surface area (Å²) in [6.45, 7) is 5.84. The van der Waals surface area contributed by atoms with Gasteiger partial charge in [-0.3, -0.25) is 4.79 Å². The van der Waals surface area contributed by atoms with E-state index < -0.39 is 33.0 Å². The zero-order valence-corrected chi connectivity index (χ0v) is 23.5. The predicted molar refractivity (Wildman–Crippen MR) is 159 cm³/mol. The van der Waals surface area contributed by atoms with Crippen LogP contribution in [0.4, 0.5) is 5.69 Å². The first-order valence-corrected chi connectivity index (χ1v) is 14.4. The first-order valence-electron chi connectivity index (χ1n) is 12.9. The maximum atomic E-state index is 13.5. The lowest BCUT2D eigenvalue weighted by Gasteiger charge is -2.22. The molecule has 5 aromatic rings. The summed E-state index contributed by atoms with van der Waals surface area (Å²) in [4.78, 5) is 13.5. The number of phenolic OH excluding ortho intramolecular Hbond substituents is 3. The fourth-order valence-electron chi connectivity index (χ4n) is 4.85. The summed E-state index contributed by atoms with van der Waals surface area (Å²) in [5.74, 6) is -2.91. The number of carbonyl (C=O) groups is 1. The molecule has 0 spiro atoms. The Morgan fingerprint density at radius 2 is 1.34 bits per heavy atom. The van der Waals surface area contributed by atoms with Crippen LogP contribution in [0.15, 0.2) is 107 Å². The van der Waals surface area contributed by atoms with E-state index in [0.717, 1.165) is 10.8 Å². The Balaban J connectivity index is 1.47. The van der Waals surface area contributed by atoms with Crippen LogP contribution in [0.1, 0.15) is 36.7 Å². The van der Waals surface area contributed by atoms with Crippen LogP contribution in [-0.2, 0) is 15.3 Å².